The van der Waals surface area contributed by atoms with Gasteiger partial charge in [0.05, 0.1) is 26.0 Å². The van der Waals surface area contributed by atoms with Crippen LogP contribution in [0.2, 0.25) is 0 Å². The van der Waals surface area contributed by atoms with Gasteiger partial charge in [-0.2, -0.15) is 4.98 Å². The van der Waals surface area contributed by atoms with Gasteiger partial charge in [-0.1, -0.05) is 19.9 Å². The third-order valence-electron chi connectivity index (χ3n) is 9.90. The second-order valence-corrected chi connectivity index (χ2v) is 16.2. The molecule has 52 heavy (non-hydrogen) atoms. The number of pyridine rings is 2. The van der Waals surface area contributed by atoms with Crippen LogP contribution in [0.15, 0.2) is 49.1 Å². The number of amides is 3. The normalized spacial score (nSPS) is 23.1. The Kier molecular flexibility index (Phi) is 10.1. The average molecular weight is 735 g/mol. The number of hydrogen-bond donors (Lipinski definition) is 3. The number of methoxy groups -OCH3 is 2. The second kappa shape index (κ2) is 14.2. The lowest BCUT2D eigenvalue weighted by Crippen LogP contribution is -2.58. The minimum Gasteiger partial charge on any atom is -0.497 e. The van der Waals surface area contributed by atoms with E-state index in [9.17, 15) is 22.8 Å². The molecule has 3 fully saturated rings. The van der Waals surface area contributed by atoms with E-state index in [0.29, 0.717) is 35.7 Å². The quantitative estimate of drug-likeness (QED) is 0.207. The maximum absolute atomic E-state index is 14.5. The van der Waals surface area contributed by atoms with Gasteiger partial charge in [-0.3, -0.25) is 19.1 Å². The van der Waals surface area contributed by atoms with E-state index in [1.165, 1.54) is 18.1 Å². The van der Waals surface area contributed by atoms with Crippen LogP contribution >= 0.6 is 0 Å². The lowest BCUT2D eigenvalue weighted by molar-refractivity contribution is -0.140. The molecule has 2 aliphatic carbocycles. The number of carbonyl (C=O) groups excluding carboxylic acids is 3. The Morgan fingerprint density at radius 1 is 1.06 bits per heavy atom. The molecule has 3 aromatic rings. The summed E-state index contributed by atoms with van der Waals surface area (Å²) in [6, 6.07) is 9.12. The van der Waals surface area contributed by atoms with Crippen molar-refractivity contribution in [3.05, 3.63) is 60.3 Å². The molecule has 3 N–H and O–H groups in total. The van der Waals surface area contributed by atoms with Gasteiger partial charge in [0.25, 0.3) is 5.91 Å². The summed E-state index contributed by atoms with van der Waals surface area (Å²) in [6.07, 6.45) is 2.02. The molecule has 3 heterocycles. The van der Waals surface area contributed by atoms with Crippen LogP contribution in [0.3, 0.4) is 0 Å². The molecule has 0 bridgehead atoms. The van der Waals surface area contributed by atoms with E-state index in [-0.39, 0.29) is 37.1 Å². The zero-order chi connectivity index (χ0) is 37.5. The molecule has 3 amide bonds. The molecule has 278 valence electrons. The van der Waals surface area contributed by atoms with Gasteiger partial charge in [0, 0.05) is 29.5 Å². The summed E-state index contributed by atoms with van der Waals surface area (Å²) in [5.74, 6) is -0.769. The van der Waals surface area contributed by atoms with Gasteiger partial charge >= 0.3 is 0 Å². The number of fused-ring (bicyclic) bond motifs is 1. The first-order valence-corrected chi connectivity index (χ1v) is 18.9. The highest BCUT2D eigenvalue weighted by atomic mass is 32.2. The van der Waals surface area contributed by atoms with Crippen LogP contribution in [0.1, 0.15) is 50.8 Å². The Bertz CT molecular complexity index is 1990. The van der Waals surface area contributed by atoms with E-state index >= 15 is 0 Å². The SMILES string of the molecule is C=C[C@@H]1C[C@]1(NC(=O)[C@@H]1C[C@@H](Oc2nc(OC)cc3cc(OC)ccc23)CN1C(=O)C(Nc1cc(C)cc(C)n1)C(C)C)C(=O)NS(=O)(=O)C1CC1. The van der Waals surface area contributed by atoms with Crippen molar-refractivity contribution in [3.8, 4) is 17.5 Å². The number of ether oxygens (including phenoxy) is 3. The van der Waals surface area contributed by atoms with Gasteiger partial charge in [0.1, 0.15) is 35.3 Å². The topological polar surface area (TPSA) is 178 Å². The number of hydrogen-bond acceptors (Lipinski definition) is 11. The van der Waals surface area contributed by atoms with Gasteiger partial charge in [-0.05, 0) is 80.3 Å². The highest BCUT2D eigenvalue weighted by Gasteiger charge is 2.62. The maximum Gasteiger partial charge on any atom is 0.259 e. The summed E-state index contributed by atoms with van der Waals surface area (Å²) < 4.78 is 44.9. The number of nitrogens with zero attached hydrogens (tertiary/aromatic N) is 3. The van der Waals surface area contributed by atoms with Crippen LogP contribution < -0.4 is 29.6 Å². The van der Waals surface area contributed by atoms with Crippen molar-refractivity contribution < 1.29 is 37.0 Å². The molecule has 2 saturated carbocycles. The number of nitrogens with one attached hydrogen (secondary N) is 3. The van der Waals surface area contributed by atoms with Crippen molar-refractivity contribution in [2.45, 2.75) is 82.4 Å². The zero-order valence-corrected chi connectivity index (χ0v) is 31.1. The monoisotopic (exact) mass is 734 g/mol. The maximum atomic E-state index is 14.5. The molecule has 14 nitrogen and oxygen atoms in total. The number of carbonyl (C=O) groups is 3. The minimum absolute atomic E-state index is 0.0266. The average Bonchev–Trinajstić information content (AvgIpc) is 4.02. The van der Waals surface area contributed by atoms with E-state index in [1.54, 1.807) is 19.2 Å². The van der Waals surface area contributed by atoms with Gasteiger partial charge in [0.15, 0.2) is 0 Å². The Labute approximate surface area is 303 Å². The first-order valence-electron chi connectivity index (χ1n) is 17.4. The molecule has 1 unspecified atom stereocenters. The number of aryl methyl sites for hydroxylation is 2. The third-order valence-corrected chi connectivity index (χ3v) is 11.7. The second-order valence-electron chi connectivity index (χ2n) is 14.3. The molecule has 2 aromatic heterocycles. The molecule has 1 aromatic carbocycles. The Morgan fingerprint density at radius 2 is 1.81 bits per heavy atom. The van der Waals surface area contributed by atoms with Crippen LogP contribution in [0.5, 0.6) is 17.5 Å². The largest absolute Gasteiger partial charge is 0.497 e. The number of sulfonamides is 1. The molecular formula is C37H46N6O8S. The standard InChI is InChI=1S/C37H46N6O8S/c1-8-24-18-37(24,36(46)42-52(47,48)27-10-11-27)41-33(44)29-17-26(51-34-28-12-9-25(49-6)15-23(28)16-31(40-34)50-7)19-43(29)35(45)32(20(2)3)39-30-14-21(4)13-22(5)38-30/h8-9,12-16,20,24,26-27,29,32H,1,10-11,17-19H2,2-7H3,(H,38,39)(H,41,44)(H,42,46)/t24-,26-,29+,32?,37-/m1/s1. The van der Waals surface area contributed by atoms with Crippen LogP contribution in [0.4, 0.5) is 5.82 Å². The Balaban J connectivity index is 1.31. The van der Waals surface area contributed by atoms with Gasteiger partial charge in [-0.15, -0.1) is 6.58 Å². The van der Waals surface area contributed by atoms with E-state index in [4.69, 9.17) is 14.2 Å². The highest BCUT2D eigenvalue weighted by molar-refractivity contribution is 7.91. The van der Waals surface area contributed by atoms with Crippen LogP contribution in [0.25, 0.3) is 10.8 Å². The first kappa shape index (κ1) is 36.9. The van der Waals surface area contributed by atoms with Gasteiger partial charge in [0.2, 0.25) is 33.6 Å². The highest BCUT2D eigenvalue weighted by Crippen LogP contribution is 2.45. The first-order chi connectivity index (χ1) is 24.7. The number of rotatable bonds is 14. The lowest BCUT2D eigenvalue weighted by atomic mass is 10.0. The minimum atomic E-state index is -3.88. The molecule has 15 heteroatoms. The fourth-order valence-electron chi connectivity index (χ4n) is 6.82. The van der Waals surface area contributed by atoms with Crippen molar-refractivity contribution in [1.29, 1.82) is 0 Å². The summed E-state index contributed by atoms with van der Waals surface area (Å²) in [7, 11) is -0.813. The number of aromatic nitrogens is 2. The lowest BCUT2D eigenvalue weighted by Gasteiger charge is -2.31. The third kappa shape index (κ3) is 7.50. The molecule has 0 spiro atoms. The van der Waals surface area contributed by atoms with Crippen LogP contribution in [-0.2, 0) is 24.4 Å². The van der Waals surface area contributed by atoms with Crippen LogP contribution in [-0.4, -0.2) is 90.7 Å². The molecule has 3 aliphatic rings. The fraction of sp³-hybridized carbons (Fsp3) is 0.486. The van der Waals surface area contributed by atoms with Crippen LogP contribution in [0, 0.1) is 25.7 Å². The van der Waals surface area contributed by atoms with Gasteiger partial charge in [-0.25, -0.2) is 13.4 Å². The molecular weight excluding hydrogens is 689 g/mol. The summed E-state index contributed by atoms with van der Waals surface area (Å²) in [5.41, 5.74) is 0.242. The molecule has 1 aliphatic heterocycles. The Hall–Kier alpha value is -4.92. The fourth-order valence-corrected chi connectivity index (χ4v) is 8.18. The summed E-state index contributed by atoms with van der Waals surface area (Å²) >= 11 is 0. The Morgan fingerprint density at radius 3 is 2.42 bits per heavy atom. The number of benzene rings is 1. The van der Waals surface area contributed by atoms with E-state index < -0.39 is 56.7 Å². The molecule has 5 atom stereocenters. The van der Waals surface area contributed by atoms with E-state index in [0.717, 1.165) is 16.6 Å². The predicted molar refractivity (Wildman–Crippen MR) is 195 cm³/mol. The summed E-state index contributed by atoms with van der Waals surface area (Å²) in [4.78, 5) is 52.9. The summed E-state index contributed by atoms with van der Waals surface area (Å²) in [5, 5.41) is 6.93. The van der Waals surface area contributed by atoms with Gasteiger partial charge < -0.3 is 29.7 Å². The van der Waals surface area contributed by atoms with Crippen molar-refractivity contribution in [2.24, 2.45) is 11.8 Å². The number of likely N-dealkylation sites (tertiary alicyclic amines) is 1. The van der Waals surface area contributed by atoms with E-state index in [2.05, 4.69) is 31.9 Å². The van der Waals surface area contributed by atoms with Crippen molar-refractivity contribution in [3.63, 3.8) is 0 Å². The molecule has 6 rings (SSSR count). The smallest absolute Gasteiger partial charge is 0.259 e. The van der Waals surface area contributed by atoms with Crippen molar-refractivity contribution >= 4 is 44.3 Å². The molecule has 0 radical (unpaired) electrons. The number of anilines is 1. The van der Waals surface area contributed by atoms with Crippen molar-refractivity contribution in [1.82, 2.24) is 24.9 Å². The molecule has 1 saturated heterocycles. The predicted octanol–water partition coefficient (Wildman–Crippen LogP) is 3.42. The summed E-state index contributed by atoms with van der Waals surface area (Å²) in [6.45, 7) is 11.4. The zero-order valence-electron chi connectivity index (χ0n) is 30.3. The van der Waals surface area contributed by atoms with Crippen molar-refractivity contribution in [2.75, 3.05) is 26.1 Å². The van der Waals surface area contributed by atoms with E-state index in [1.807, 2.05) is 52.0 Å².